The van der Waals surface area contributed by atoms with E-state index in [9.17, 15) is 12.3 Å². The van der Waals surface area contributed by atoms with Gasteiger partial charge in [0.2, 0.25) is 0 Å². The van der Waals surface area contributed by atoms with Crippen LogP contribution in [0.2, 0.25) is 0 Å². The zero-order valence-corrected chi connectivity index (χ0v) is 8.59. The van der Waals surface area contributed by atoms with Crippen LogP contribution in [0.4, 0.5) is 3.89 Å². The Labute approximate surface area is 87.4 Å². The Morgan fingerprint density at radius 3 is 2.13 bits per heavy atom. The van der Waals surface area contributed by atoms with Gasteiger partial charge in [0.25, 0.3) is 0 Å². The Hall–Kier alpha value is -1.41. The largest absolute Gasteiger partial charge is 0.332 e. The molecule has 15 heavy (non-hydrogen) atoms. The molecule has 0 radical (unpaired) electrons. The second-order valence-corrected chi connectivity index (χ2v) is 5.00. The number of rotatable bonds is 2. The minimum Gasteiger partial charge on any atom is -0.197 e. The predicted molar refractivity (Wildman–Crippen MR) is 51.3 cm³/mol. The van der Waals surface area contributed by atoms with Crippen LogP contribution in [-0.4, -0.2) is 8.42 Å². The SMILES string of the molecule is N#CC1(c2ccc(S(=O)(=O)F)cc2)CC1. The summed E-state index contributed by atoms with van der Waals surface area (Å²) in [5, 5.41) is 8.90. The molecule has 1 saturated carbocycles. The standard InChI is InChI=1S/C10H8FNO2S/c11-15(13,14)9-3-1-8(2-4-9)10(7-12)5-6-10/h1-4H,5-6H2. The first-order valence-electron chi connectivity index (χ1n) is 4.44. The highest BCUT2D eigenvalue weighted by molar-refractivity contribution is 7.86. The van der Waals surface area contributed by atoms with Crippen molar-refractivity contribution in [2.45, 2.75) is 23.2 Å². The van der Waals surface area contributed by atoms with Crippen molar-refractivity contribution in [1.82, 2.24) is 0 Å². The molecule has 1 aliphatic carbocycles. The van der Waals surface area contributed by atoms with Crippen LogP contribution in [0.3, 0.4) is 0 Å². The summed E-state index contributed by atoms with van der Waals surface area (Å²) in [4.78, 5) is -0.361. The Kier molecular flexibility index (Phi) is 2.05. The van der Waals surface area contributed by atoms with E-state index in [0.29, 0.717) is 0 Å². The molecule has 1 aliphatic rings. The predicted octanol–water partition coefficient (Wildman–Crippen LogP) is 1.90. The quantitative estimate of drug-likeness (QED) is 0.722. The van der Waals surface area contributed by atoms with E-state index in [1.807, 2.05) is 0 Å². The number of hydrogen-bond donors (Lipinski definition) is 0. The highest BCUT2D eigenvalue weighted by Crippen LogP contribution is 2.47. The van der Waals surface area contributed by atoms with E-state index in [-0.39, 0.29) is 4.90 Å². The van der Waals surface area contributed by atoms with Gasteiger partial charge in [0, 0.05) is 0 Å². The zero-order valence-electron chi connectivity index (χ0n) is 7.77. The van der Waals surface area contributed by atoms with Gasteiger partial charge < -0.3 is 0 Å². The fourth-order valence-corrected chi connectivity index (χ4v) is 1.99. The molecule has 0 aliphatic heterocycles. The van der Waals surface area contributed by atoms with Crippen LogP contribution in [0.1, 0.15) is 18.4 Å². The summed E-state index contributed by atoms with van der Waals surface area (Å²) in [6, 6.07) is 7.58. The van der Waals surface area contributed by atoms with Gasteiger partial charge in [0.15, 0.2) is 0 Å². The Balaban J connectivity index is 2.38. The van der Waals surface area contributed by atoms with Crippen LogP contribution in [0.25, 0.3) is 0 Å². The molecule has 1 aromatic carbocycles. The molecule has 0 heterocycles. The fraction of sp³-hybridized carbons (Fsp3) is 0.300. The van der Waals surface area contributed by atoms with Gasteiger partial charge >= 0.3 is 10.2 Å². The first kappa shape index (κ1) is 10.1. The summed E-state index contributed by atoms with van der Waals surface area (Å²) in [6.07, 6.45) is 1.57. The lowest BCUT2D eigenvalue weighted by Gasteiger charge is -2.05. The Morgan fingerprint density at radius 1 is 1.27 bits per heavy atom. The van der Waals surface area contributed by atoms with Crippen molar-refractivity contribution in [1.29, 1.82) is 5.26 Å². The van der Waals surface area contributed by atoms with Crippen molar-refractivity contribution in [2.24, 2.45) is 0 Å². The highest BCUT2D eigenvalue weighted by Gasteiger charge is 2.44. The van der Waals surface area contributed by atoms with Gasteiger partial charge in [0.1, 0.15) is 0 Å². The molecule has 78 valence electrons. The molecule has 5 heteroatoms. The number of nitriles is 1. The molecule has 0 saturated heterocycles. The van der Waals surface area contributed by atoms with Crippen molar-refractivity contribution in [3.63, 3.8) is 0 Å². The van der Waals surface area contributed by atoms with E-state index in [1.165, 1.54) is 24.3 Å². The summed E-state index contributed by atoms with van der Waals surface area (Å²) >= 11 is 0. The number of nitrogens with zero attached hydrogens (tertiary/aromatic N) is 1. The lowest BCUT2D eigenvalue weighted by molar-refractivity contribution is 0.552. The third-order valence-corrected chi connectivity index (χ3v) is 3.49. The summed E-state index contributed by atoms with van der Waals surface area (Å²) in [6.45, 7) is 0. The topological polar surface area (TPSA) is 57.9 Å². The van der Waals surface area contributed by atoms with Gasteiger partial charge in [-0.25, -0.2) is 0 Å². The van der Waals surface area contributed by atoms with Gasteiger partial charge in [-0.15, -0.1) is 3.89 Å². The number of halogens is 1. The Bertz CT molecular complexity index is 524. The third-order valence-electron chi connectivity index (χ3n) is 2.65. The molecule has 0 unspecified atom stereocenters. The third kappa shape index (κ3) is 1.73. The highest BCUT2D eigenvalue weighted by atomic mass is 32.3. The summed E-state index contributed by atoms with van der Waals surface area (Å²) in [5.74, 6) is 0. The molecule has 0 bridgehead atoms. The lowest BCUT2D eigenvalue weighted by atomic mass is 9.98. The molecular formula is C10H8FNO2S. The maximum absolute atomic E-state index is 12.6. The second-order valence-electron chi connectivity index (χ2n) is 3.66. The molecule has 0 spiro atoms. The first-order valence-corrected chi connectivity index (χ1v) is 5.83. The number of hydrogen-bond acceptors (Lipinski definition) is 3. The molecular weight excluding hydrogens is 217 g/mol. The van der Waals surface area contributed by atoms with Crippen LogP contribution in [0, 0.1) is 11.3 Å². The van der Waals surface area contributed by atoms with Gasteiger partial charge in [-0.1, -0.05) is 12.1 Å². The Morgan fingerprint density at radius 2 is 1.80 bits per heavy atom. The second kappa shape index (κ2) is 3.04. The minimum absolute atomic E-state index is 0.361. The monoisotopic (exact) mass is 225 g/mol. The molecule has 1 fully saturated rings. The van der Waals surface area contributed by atoms with Crippen LogP contribution in [0.5, 0.6) is 0 Å². The average Bonchev–Trinajstić information content (AvgIpc) is 2.97. The van der Waals surface area contributed by atoms with Crippen molar-refractivity contribution in [3.8, 4) is 6.07 Å². The van der Waals surface area contributed by atoms with Gasteiger partial charge in [-0.05, 0) is 30.5 Å². The van der Waals surface area contributed by atoms with Gasteiger partial charge in [-0.2, -0.15) is 13.7 Å². The number of benzene rings is 1. The van der Waals surface area contributed by atoms with Crippen molar-refractivity contribution < 1.29 is 12.3 Å². The van der Waals surface area contributed by atoms with E-state index in [2.05, 4.69) is 6.07 Å². The molecule has 3 nitrogen and oxygen atoms in total. The summed E-state index contributed by atoms with van der Waals surface area (Å²) in [7, 11) is -4.63. The maximum Gasteiger partial charge on any atom is 0.332 e. The maximum atomic E-state index is 12.6. The molecule has 0 atom stereocenters. The fourth-order valence-electron chi connectivity index (χ4n) is 1.53. The van der Waals surface area contributed by atoms with Crippen LogP contribution >= 0.6 is 0 Å². The summed E-state index contributed by atoms with van der Waals surface area (Å²) < 4.78 is 33.6. The average molecular weight is 225 g/mol. The van der Waals surface area contributed by atoms with E-state index < -0.39 is 15.6 Å². The smallest absolute Gasteiger partial charge is 0.197 e. The molecule has 0 amide bonds. The van der Waals surface area contributed by atoms with Crippen LogP contribution in [0.15, 0.2) is 29.2 Å². The van der Waals surface area contributed by atoms with E-state index in [1.54, 1.807) is 0 Å². The van der Waals surface area contributed by atoms with E-state index >= 15 is 0 Å². The van der Waals surface area contributed by atoms with E-state index in [4.69, 9.17) is 5.26 Å². The summed E-state index contributed by atoms with van der Waals surface area (Å²) in [5.41, 5.74) is 0.302. The zero-order chi connectivity index (χ0) is 11.1. The molecule has 1 aromatic rings. The molecule has 0 aromatic heterocycles. The van der Waals surface area contributed by atoms with Gasteiger partial charge in [-0.3, -0.25) is 0 Å². The lowest BCUT2D eigenvalue weighted by Crippen LogP contribution is -2.02. The molecule has 0 N–H and O–H groups in total. The minimum atomic E-state index is -4.63. The molecule has 2 rings (SSSR count). The van der Waals surface area contributed by atoms with Gasteiger partial charge in [0.05, 0.1) is 16.4 Å². The normalized spacial score (nSPS) is 18.1. The first-order chi connectivity index (χ1) is 6.98. The van der Waals surface area contributed by atoms with Crippen molar-refractivity contribution in [3.05, 3.63) is 29.8 Å². The van der Waals surface area contributed by atoms with Crippen LogP contribution < -0.4 is 0 Å². The van der Waals surface area contributed by atoms with Crippen molar-refractivity contribution in [2.75, 3.05) is 0 Å². The van der Waals surface area contributed by atoms with Crippen molar-refractivity contribution >= 4 is 10.2 Å². The van der Waals surface area contributed by atoms with Crippen LogP contribution in [-0.2, 0) is 15.6 Å². The van der Waals surface area contributed by atoms with E-state index in [0.717, 1.165) is 18.4 Å².